The van der Waals surface area contributed by atoms with Gasteiger partial charge in [-0.05, 0) is 43.3 Å². The number of anilines is 1. The van der Waals surface area contributed by atoms with Crippen LogP contribution in [0, 0.1) is 0 Å². The zero-order valence-electron chi connectivity index (χ0n) is 14.4. The van der Waals surface area contributed by atoms with E-state index in [1.165, 1.54) is 13.3 Å². The smallest absolute Gasteiger partial charge is 0.262 e. The number of fused-ring (bicyclic) bond motifs is 1. The Labute approximate surface area is 154 Å². The van der Waals surface area contributed by atoms with E-state index in [1.54, 1.807) is 59.5 Å². The fraction of sp³-hybridized carbons (Fsp3) is 0.105. The molecule has 27 heavy (non-hydrogen) atoms. The van der Waals surface area contributed by atoms with Crippen LogP contribution < -0.4 is 5.32 Å². The van der Waals surface area contributed by atoms with Gasteiger partial charge in [0.05, 0.1) is 16.8 Å². The van der Waals surface area contributed by atoms with Crippen molar-refractivity contribution < 1.29 is 14.4 Å². The second-order valence-corrected chi connectivity index (χ2v) is 6.08. The van der Waals surface area contributed by atoms with Crippen molar-refractivity contribution in [1.82, 2.24) is 19.7 Å². The van der Waals surface area contributed by atoms with Crippen LogP contribution in [0.5, 0.6) is 0 Å². The number of aromatic nitrogens is 3. The molecule has 0 fully saturated rings. The lowest BCUT2D eigenvalue weighted by Gasteiger charge is -2.21. The molecule has 3 aromatic rings. The number of hydrogen-bond donors (Lipinski definition) is 1. The summed E-state index contributed by atoms with van der Waals surface area (Å²) >= 11 is 0. The average molecular weight is 361 g/mol. The molecule has 0 saturated carbocycles. The van der Waals surface area contributed by atoms with Gasteiger partial charge in [0, 0.05) is 5.69 Å². The van der Waals surface area contributed by atoms with Crippen LogP contribution in [-0.2, 0) is 4.79 Å². The summed E-state index contributed by atoms with van der Waals surface area (Å²) in [6.07, 6.45) is 3.00. The maximum absolute atomic E-state index is 12.6. The number of carbonyl (C=O) groups excluding carboxylic acids is 3. The third kappa shape index (κ3) is 2.86. The van der Waals surface area contributed by atoms with Crippen LogP contribution in [-0.4, -0.2) is 43.4 Å². The third-order valence-corrected chi connectivity index (χ3v) is 4.41. The molecule has 1 aromatic heterocycles. The molecular formula is C19H15N5O3. The summed E-state index contributed by atoms with van der Waals surface area (Å²) in [4.78, 5) is 42.4. The lowest BCUT2D eigenvalue weighted by Crippen LogP contribution is -2.45. The van der Waals surface area contributed by atoms with E-state index in [9.17, 15) is 14.4 Å². The van der Waals surface area contributed by atoms with Crippen LogP contribution in [0.1, 0.15) is 27.6 Å². The van der Waals surface area contributed by atoms with Crippen LogP contribution >= 0.6 is 0 Å². The molecule has 4 rings (SSSR count). The molecule has 0 aliphatic carbocycles. The SMILES string of the molecule is CC(C(=O)Nc1ccc(-n2cncn2)cc1)N1C(=O)c2ccccc2C1=O. The molecule has 1 unspecified atom stereocenters. The van der Waals surface area contributed by atoms with E-state index in [4.69, 9.17) is 0 Å². The summed E-state index contributed by atoms with van der Waals surface area (Å²) in [5.41, 5.74) is 1.98. The summed E-state index contributed by atoms with van der Waals surface area (Å²) < 4.78 is 1.59. The van der Waals surface area contributed by atoms with Crippen LogP contribution in [0.25, 0.3) is 5.69 Å². The molecule has 1 atom stereocenters. The maximum Gasteiger partial charge on any atom is 0.262 e. The van der Waals surface area contributed by atoms with Crippen molar-refractivity contribution in [2.45, 2.75) is 13.0 Å². The number of amides is 3. The van der Waals surface area contributed by atoms with Crippen molar-refractivity contribution in [2.75, 3.05) is 5.32 Å². The van der Waals surface area contributed by atoms with E-state index in [0.29, 0.717) is 16.8 Å². The molecule has 0 bridgehead atoms. The highest BCUT2D eigenvalue weighted by Gasteiger charge is 2.40. The maximum atomic E-state index is 12.6. The van der Waals surface area contributed by atoms with Crippen LogP contribution in [0.2, 0.25) is 0 Å². The Morgan fingerprint density at radius 1 is 1.00 bits per heavy atom. The van der Waals surface area contributed by atoms with Gasteiger partial charge in [0.2, 0.25) is 5.91 Å². The summed E-state index contributed by atoms with van der Waals surface area (Å²) in [6, 6.07) is 12.6. The highest BCUT2D eigenvalue weighted by atomic mass is 16.2. The molecule has 3 amide bonds. The number of nitrogens with zero attached hydrogens (tertiary/aromatic N) is 4. The number of nitrogens with one attached hydrogen (secondary N) is 1. The molecule has 0 saturated heterocycles. The molecule has 2 heterocycles. The Morgan fingerprint density at radius 3 is 2.19 bits per heavy atom. The predicted molar refractivity (Wildman–Crippen MR) is 96.4 cm³/mol. The lowest BCUT2D eigenvalue weighted by molar-refractivity contribution is -0.119. The van der Waals surface area contributed by atoms with Crippen molar-refractivity contribution in [2.24, 2.45) is 0 Å². The zero-order valence-corrected chi connectivity index (χ0v) is 14.4. The monoisotopic (exact) mass is 361 g/mol. The van der Waals surface area contributed by atoms with Crippen molar-refractivity contribution in [3.63, 3.8) is 0 Å². The zero-order chi connectivity index (χ0) is 19.0. The summed E-state index contributed by atoms with van der Waals surface area (Å²) in [6.45, 7) is 1.53. The fourth-order valence-electron chi connectivity index (χ4n) is 2.96. The van der Waals surface area contributed by atoms with Crippen molar-refractivity contribution in [3.05, 3.63) is 72.3 Å². The minimum absolute atomic E-state index is 0.319. The molecular weight excluding hydrogens is 346 g/mol. The molecule has 1 aliphatic heterocycles. The quantitative estimate of drug-likeness (QED) is 0.716. The van der Waals surface area contributed by atoms with E-state index in [0.717, 1.165) is 10.6 Å². The van der Waals surface area contributed by atoms with Crippen molar-refractivity contribution >= 4 is 23.4 Å². The molecule has 134 valence electrons. The summed E-state index contributed by atoms with van der Waals surface area (Å²) in [7, 11) is 0. The normalized spacial score (nSPS) is 14.2. The highest BCUT2D eigenvalue weighted by Crippen LogP contribution is 2.25. The van der Waals surface area contributed by atoms with Crippen molar-refractivity contribution in [1.29, 1.82) is 0 Å². The van der Waals surface area contributed by atoms with Gasteiger partial charge in [0.1, 0.15) is 18.7 Å². The van der Waals surface area contributed by atoms with Gasteiger partial charge < -0.3 is 5.32 Å². The largest absolute Gasteiger partial charge is 0.324 e. The Bertz CT molecular complexity index is 993. The molecule has 2 aromatic carbocycles. The molecule has 1 aliphatic rings. The average Bonchev–Trinajstić information content (AvgIpc) is 3.30. The number of carbonyl (C=O) groups is 3. The first-order valence-corrected chi connectivity index (χ1v) is 8.29. The Morgan fingerprint density at radius 2 is 1.63 bits per heavy atom. The second kappa shape index (κ2) is 6.49. The molecule has 0 radical (unpaired) electrons. The number of rotatable bonds is 4. The molecule has 8 nitrogen and oxygen atoms in total. The fourth-order valence-corrected chi connectivity index (χ4v) is 2.96. The molecule has 1 N–H and O–H groups in total. The predicted octanol–water partition coefficient (Wildman–Crippen LogP) is 1.89. The highest BCUT2D eigenvalue weighted by molar-refractivity contribution is 6.23. The third-order valence-electron chi connectivity index (χ3n) is 4.41. The summed E-state index contributed by atoms with van der Waals surface area (Å²) in [5.74, 6) is -1.36. The van der Waals surface area contributed by atoms with E-state index in [-0.39, 0.29) is 0 Å². The van der Waals surface area contributed by atoms with Gasteiger partial charge in [-0.3, -0.25) is 19.3 Å². The Kier molecular flexibility index (Phi) is 4.00. The van der Waals surface area contributed by atoms with Gasteiger partial charge in [-0.25, -0.2) is 9.67 Å². The number of hydrogen-bond acceptors (Lipinski definition) is 5. The van der Waals surface area contributed by atoms with Crippen molar-refractivity contribution in [3.8, 4) is 5.69 Å². The van der Waals surface area contributed by atoms with E-state index < -0.39 is 23.8 Å². The number of benzene rings is 2. The topological polar surface area (TPSA) is 97.2 Å². The van der Waals surface area contributed by atoms with E-state index in [1.807, 2.05) is 0 Å². The first-order chi connectivity index (χ1) is 13.1. The standard InChI is InChI=1S/C19H15N5O3/c1-12(24-18(26)15-4-2-3-5-16(15)19(24)27)17(25)22-13-6-8-14(9-7-13)23-11-20-10-21-23/h2-12H,1H3,(H,22,25). The first kappa shape index (κ1) is 16.6. The Balaban J connectivity index is 1.49. The van der Waals surface area contributed by atoms with E-state index >= 15 is 0 Å². The van der Waals surface area contributed by atoms with Gasteiger partial charge in [-0.1, -0.05) is 12.1 Å². The van der Waals surface area contributed by atoms with E-state index in [2.05, 4.69) is 15.4 Å². The summed E-state index contributed by atoms with van der Waals surface area (Å²) in [5, 5.41) is 6.76. The molecule has 8 heteroatoms. The first-order valence-electron chi connectivity index (χ1n) is 8.29. The minimum atomic E-state index is -0.938. The van der Waals surface area contributed by atoms with Gasteiger partial charge >= 0.3 is 0 Å². The lowest BCUT2D eigenvalue weighted by atomic mass is 10.1. The second-order valence-electron chi connectivity index (χ2n) is 6.08. The van der Waals surface area contributed by atoms with Gasteiger partial charge in [0.25, 0.3) is 11.8 Å². The minimum Gasteiger partial charge on any atom is -0.324 e. The van der Waals surface area contributed by atoms with Gasteiger partial charge in [-0.15, -0.1) is 0 Å². The van der Waals surface area contributed by atoms with Crippen LogP contribution in [0.15, 0.2) is 61.2 Å². The van der Waals surface area contributed by atoms with Gasteiger partial charge in [-0.2, -0.15) is 5.10 Å². The van der Waals surface area contributed by atoms with Crippen LogP contribution in [0.3, 0.4) is 0 Å². The number of imide groups is 1. The van der Waals surface area contributed by atoms with Gasteiger partial charge in [0.15, 0.2) is 0 Å². The molecule has 0 spiro atoms. The van der Waals surface area contributed by atoms with Crippen LogP contribution in [0.4, 0.5) is 5.69 Å². The Hall–Kier alpha value is -3.81.